The lowest BCUT2D eigenvalue weighted by Gasteiger charge is -2.28. The van der Waals surface area contributed by atoms with Crippen LogP contribution in [-0.2, 0) is 14.6 Å². The number of ether oxygens (including phenoxy) is 1. The van der Waals surface area contributed by atoms with Crippen LogP contribution in [0, 0.1) is 17.0 Å². The van der Waals surface area contributed by atoms with Crippen molar-refractivity contribution >= 4 is 33.2 Å². The third kappa shape index (κ3) is 4.61. The summed E-state index contributed by atoms with van der Waals surface area (Å²) in [6.07, 6.45) is 1.02. The Morgan fingerprint density at radius 3 is 2.41 bits per heavy atom. The minimum absolute atomic E-state index is 0.109. The highest BCUT2D eigenvalue weighted by Gasteiger charge is 2.25. The van der Waals surface area contributed by atoms with Crippen LogP contribution in [0.15, 0.2) is 57.4 Å². The number of nitro groups is 1. The van der Waals surface area contributed by atoms with E-state index in [2.05, 4.69) is 15.1 Å². The van der Waals surface area contributed by atoms with Crippen molar-refractivity contribution in [2.45, 2.75) is 21.9 Å². The molecule has 0 radical (unpaired) electrons. The summed E-state index contributed by atoms with van der Waals surface area (Å²) in [5, 5.41) is 20.8. The summed E-state index contributed by atoms with van der Waals surface area (Å²) in [5.41, 5.74) is 1.61. The van der Waals surface area contributed by atoms with Crippen molar-refractivity contribution in [1.29, 1.82) is 0 Å². The van der Waals surface area contributed by atoms with E-state index in [0.717, 1.165) is 35.3 Å². The van der Waals surface area contributed by atoms with Crippen LogP contribution in [0.5, 0.6) is 0 Å². The molecule has 4 rings (SSSR count). The monoisotopic (exact) mass is 475 g/mol. The van der Waals surface area contributed by atoms with Gasteiger partial charge < -0.3 is 9.64 Å². The van der Waals surface area contributed by atoms with Gasteiger partial charge in [-0.1, -0.05) is 17.7 Å². The molecule has 168 valence electrons. The van der Waals surface area contributed by atoms with Gasteiger partial charge >= 0.3 is 0 Å². The van der Waals surface area contributed by atoms with Crippen molar-refractivity contribution < 1.29 is 18.1 Å². The van der Waals surface area contributed by atoms with Crippen LogP contribution in [0.1, 0.15) is 5.56 Å². The van der Waals surface area contributed by atoms with Gasteiger partial charge in [-0.2, -0.15) is 0 Å². The van der Waals surface area contributed by atoms with Gasteiger partial charge in [-0.15, -0.1) is 10.2 Å². The first-order chi connectivity index (χ1) is 15.2. The van der Waals surface area contributed by atoms with Crippen molar-refractivity contribution in [2.24, 2.45) is 0 Å². The largest absolute Gasteiger partial charge is 0.378 e. The molecular formula is C20H21N5O5S2. The normalized spacial score (nSPS) is 14.5. The Morgan fingerprint density at radius 1 is 1.09 bits per heavy atom. The van der Waals surface area contributed by atoms with Gasteiger partial charge in [0, 0.05) is 25.4 Å². The van der Waals surface area contributed by atoms with E-state index in [1.807, 2.05) is 35.8 Å². The number of aryl methyl sites for hydroxylation is 1. The Kier molecular flexibility index (Phi) is 6.17. The van der Waals surface area contributed by atoms with Gasteiger partial charge in [0.25, 0.3) is 5.69 Å². The molecule has 0 saturated carbocycles. The molecule has 1 aliphatic heterocycles. The zero-order valence-electron chi connectivity index (χ0n) is 17.5. The second kappa shape index (κ2) is 8.88. The molecule has 0 amide bonds. The van der Waals surface area contributed by atoms with Crippen molar-refractivity contribution in [1.82, 2.24) is 14.8 Å². The fourth-order valence-corrected chi connectivity index (χ4v) is 4.84. The van der Waals surface area contributed by atoms with Gasteiger partial charge in [0.05, 0.1) is 33.6 Å². The van der Waals surface area contributed by atoms with Crippen LogP contribution in [0.4, 0.5) is 11.6 Å². The Labute approximate surface area is 189 Å². The van der Waals surface area contributed by atoms with Crippen LogP contribution >= 0.6 is 11.8 Å². The molecule has 2 heterocycles. The average molecular weight is 476 g/mol. The van der Waals surface area contributed by atoms with E-state index in [-0.39, 0.29) is 15.5 Å². The van der Waals surface area contributed by atoms with Gasteiger partial charge in [0.15, 0.2) is 9.84 Å². The van der Waals surface area contributed by atoms with Crippen molar-refractivity contribution in [3.8, 4) is 5.69 Å². The average Bonchev–Trinajstić information content (AvgIpc) is 3.18. The molecular weight excluding hydrogens is 454 g/mol. The molecule has 0 unspecified atom stereocenters. The number of hydrogen-bond donors (Lipinski definition) is 0. The Bertz CT molecular complexity index is 1250. The summed E-state index contributed by atoms with van der Waals surface area (Å²) >= 11 is 1.07. The topological polar surface area (TPSA) is 120 Å². The molecule has 3 aromatic rings. The molecule has 12 heteroatoms. The lowest BCUT2D eigenvalue weighted by Crippen LogP contribution is -2.37. The van der Waals surface area contributed by atoms with Gasteiger partial charge in [0.1, 0.15) is 0 Å². The van der Waals surface area contributed by atoms with Crippen molar-refractivity contribution in [2.75, 3.05) is 37.5 Å². The number of morpholine rings is 1. The second-order valence-corrected chi connectivity index (χ2v) is 10.3. The molecule has 0 aliphatic carbocycles. The molecule has 1 aromatic heterocycles. The van der Waals surface area contributed by atoms with Gasteiger partial charge in [-0.05, 0) is 43.0 Å². The number of sulfone groups is 1. The van der Waals surface area contributed by atoms with Crippen LogP contribution < -0.4 is 4.90 Å². The zero-order valence-corrected chi connectivity index (χ0v) is 19.1. The highest BCUT2D eigenvalue weighted by Crippen LogP contribution is 2.38. The number of hydrogen-bond acceptors (Lipinski definition) is 9. The number of anilines is 1. The Morgan fingerprint density at radius 2 is 1.78 bits per heavy atom. The fourth-order valence-electron chi connectivity index (χ4n) is 3.27. The number of nitro benzene ring substituents is 1. The maximum absolute atomic E-state index is 11.9. The molecule has 10 nitrogen and oxygen atoms in total. The van der Waals surface area contributed by atoms with Crippen molar-refractivity contribution in [3.05, 3.63) is 58.1 Å². The lowest BCUT2D eigenvalue weighted by molar-refractivity contribution is -0.388. The predicted molar refractivity (Wildman–Crippen MR) is 119 cm³/mol. The van der Waals surface area contributed by atoms with E-state index in [0.29, 0.717) is 37.4 Å². The maximum Gasteiger partial charge on any atom is 0.284 e. The summed E-state index contributed by atoms with van der Waals surface area (Å²) in [4.78, 5) is 13.3. The van der Waals surface area contributed by atoms with Crippen molar-refractivity contribution in [3.63, 3.8) is 0 Å². The molecule has 32 heavy (non-hydrogen) atoms. The predicted octanol–water partition coefficient (Wildman–Crippen LogP) is 2.88. The van der Waals surface area contributed by atoms with Crippen LogP contribution in [0.25, 0.3) is 5.69 Å². The summed E-state index contributed by atoms with van der Waals surface area (Å²) < 4.78 is 31.0. The molecule has 1 aliphatic rings. The van der Waals surface area contributed by atoms with Gasteiger partial charge in [-0.3, -0.25) is 14.7 Å². The van der Waals surface area contributed by atoms with Crippen LogP contribution in [0.2, 0.25) is 0 Å². The quantitative estimate of drug-likeness (QED) is 0.391. The number of benzene rings is 2. The molecule has 1 fully saturated rings. The minimum atomic E-state index is -3.58. The zero-order chi connectivity index (χ0) is 22.9. The minimum Gasteiger partial charge on any atom is -0.378 e. The SMILES string of the molecule is Cc1ccc(-n2c(Sc3ccc(S(C)(=O)=O)cc3[N+](=O)[O-])nnc2N2CCOCC2)cc1. The molecule has 0 atom stereocenters. The number of nitrogens with zero attached hydrogens (tertiary/aromatic N) is 5. The van der Waals surface area contributed by atoms with Gasteiger partial charge in [0.2, 0.25) is 11.1 Å². The molecule has 0 N–H and O–H groups in total. The van der Waals surface area contributed by atoms with E-state index < -0.39 is 14.8 Å². The van der Waals surface area contributed by atoms with E-state index in [1.54, 1.807) is 0 Å². The number of rotatable bonds is 6. The summed E-state index contributed by atoms with van der Waals surface area (Å²) in [6, 6.07) is 11.7. The summed E-state index contributed by atoms with van der Waals surface area (Å²) in [7, 11) is -3.58. The van der Waals surface area contributed by atoms with E-state index in [1.165, 1.54) is 12.1 Å². The molecule has 1 saturated heterocycles. The maximum atomic E-state index is 11.9. The lowest BCUT2D eigenvalue weighted by atomic mass is 10.2. The molecule has 2 aromatic carbocycles. The highest BCUT2D eigenvalue weighted by molar-refractivity contribution is 7.99. The Balaban J connectivity index is 1.80. The molecule has 0 spiro atoms. The number of aromatic nitrogens is 3. The standard InChI is InChI=1S/C20H21N5O5S2/c1-14-3-5-15(6-4-14)24-19(23-9-11-30-12-10-23)21-22-20(24)31-18-8-7-16(32(2,28)29)13-17(18)25(26)27/h3-8,13H,9-12H2,1-2H3. The van der Waals surface area contributed by atoms with E-state index in [9.17, 15) is 18.5 Å². The summed E-state index contributed by atoms with van der Waals surface area (Å²) in [6.45, 7) is 4.43. The molecule has 0 bridgehead atoms. The van der Waals surface area contributed by atoms with E-state index >= 15 is 0 Å². The smallest absolute Gasteiger partial charge is 0.284 e. The Hall–Kier alpha value is -2.96. The third-order valence-electron chi connectivity index (χ3n) is 4.96. The van der Waals surface area contributed by atoms with Crippen LogP contribution in [-0.4, -0.2) is 60.7 Å². The highest BCUT2D eigenvalue weighted by atomic mass is 32.2. The summed E-state index contributed by atoms with van der Waals surface area (Å²) in [5.74, 6) is 0.620. The first kappa shape index (κ1) is 22.2. The van der Waals surface area contributed by atoms with Crippen LogP contribution in [0.3, 0.4) is 0 Å². The fraction of sp³-hybridized carbons (Fsp3) is 0.300. The second-order valence-electron chi connectivity index (χ2n) is 7.31. The first-order valence-corrected chi connectivity index (χ1v) is 12.5. The van der Waals surface area contributed by atoms with E-state index in [4.69, 9.17) is 4.74 Å². The van der Waals surface area contributed by atoms with Gasteiger partial charge in [-0.25, -0.2) is 8.42 Å². The third-order valence-corrected chi connectivity index (χ3v) is 7.08. The first-order valence-electron chi connectivity index (χ1n) is 9.75.